The van der Waals surface area contributed by atoms with Gasteiger partial charge in [-0.25, -0.2) is 0 Å². The first-order valence-corrected chi connectivity index (χ1v) is 17.3. The number of rotatable bonds is 12. The van der Waals surface area contributed by atoms with Crippen LogP contribution in [-0.4, -0.2) is 70.6 Å². The van der Waals surface area contributed by atoms with Crippen molar-refractivity contribution in [1.29, 1.82) is 0 Å². The van der Waals surface area contributed by atoms with Crippen LogP contribution in [0.5, 0.6) is 0 Å². The van der Waals surface area contributed by atoms with Crippen molar-refractivity contribution < 1.29 is 44.9 Å². The van der Waals surface area contributed by atoms with Gasteiger partial charge in [0.2, 0.25) is 0 Å². The molecule has 5 atom stereocenters. The highest BCUT2D eigenvalue weighted by Gasteiger charge is 2.51. The second kappa shape index (κ2) is 13.5. The molecule has 0 amide bonds. The normalized spacial score (nSPS) is 21.4. The third kappa shape index (κ3) is 7.35. The first-order chi connectivity index (χ1) is 21.4. The molecule has 1 fully saturated rings. The molecule has 0 saturated carbocycles. The van der Waals surface area contributed by atoms with Crippen LogP contribution in [0.3, 0.4) is 0 Å². The van der Waals surface area contributed by atoms with Gasteiger partial charge in [-0.2, -0.15) is 16.8 Å². The largest absolute Gasteiger partial charge is 0.385 e. The monoisotopic (exact) mass is 654 g/mol. The van der Waals surface area contributed by atoms with Crippen molar-refractivity contribution in [3.63, 3.8) is 0 Å². The molecule has 12 heteroatoms. The Bertz CT molecular complexity index is 1670. The zero-order valence-electron chi connectivity index (χ0n) is 24.5. The summed E-state index contributed by atoms with van der Waals surface area (Å²) in [4.78, 5) is -0.168. The van der Waals surface area contributed by atoms with Crippen molar-refractivity contribution in [2.75, 3.05) is 12.9 Å². The molecule has 45 heavy (non-hydrogen) atoms. The molecule has 1 aliphatic rings. The fourth-order valence-corrected chi connectivity index (χ4v) is 7.06. The van der Waals surface area contributed by atoms with Crippen LogP contribution in [0.4, 0.5) is 0 Å². The van der Waals surface area contributed by atoms with Gasteiger partial charge in [-0.3, -0.25) is 8.37 Å². The predicted molar refractivity (Wildman–Crippen MR) is 165 cm³/mol. The molecule has 1 saturated heterocycles. The average Bonchev–Trinajstić information content (AvgIpc) is 3.30. The summed E-state index contributed by atoms with van der Waals surface area (Å²) in [6.45, 7) is 1.28. The first-order valence-electron chi connectivity index (χ1n) is 14.1. The van der Waals surface area contributed by atoms with E-state index in [1.807, 2.05) is 91.0 Å². The molecule has 0 radical (unpaired) electrons. The number of benzene rings is 4. The minimum absolute atomic E-state index is 0.168. The Morgan fingerprint density at radius 3 is 1.67 bits per heavy atom. The van der Waals surface area contributed by atoms with E-state index in [0.717, 1.165) is 11.8 Å². The second-order valence-electron chi connectivity index (χ2n) is 10.7. The van der Waals surface area contributed by atoms with Gasteiger partial charge in [0.25, 0.3) is 20.2 Å². The van der Waals surface area contributed by atoms with E-state index in [9.17, 15) is 27.0 Å². The summed E-state index contributed by atoms with van der Waals surface area (Å²) in [5, 5.41) is 21.0. The van der Waals surface area contributed by atoms with E-state index in [1.165, 1.54) is 12.1 Å². The molecular weight excluding hydrogens is 620 g/mol. The summed E-state index contributed by atoms with van der Waals surface area (Å²) in [7, 11) is -8.71. The van der Waals surface area contributed by atoms with Crippen LogP contribution in [0.15, 0.2) is 120 Å². The molecule has 1 aliphatic heterocycles. The molecule has 0 aromatic heterocycles. The SMILES string of the molecule is Cc1ccc(S(=O)(=O)O[C@@H](COC(c2ccccc2)(c2ccccc2)c2ccccc2)[C@H]2O[C@@H](O)[C@H](O)[C@@H]2OS(C)(=O)=O)cc1. The van der Waals surface area contributed by atoms with Gasteiger partial charge < -0.3 is 19.7 Å². The molecule has 238 valence electrons. The van der Waals surface area contributed by atoms with Gasteiger partial charge in [0.05, 0.1) is 17.8 Å². The van der Waals surface area contributed by atoms with E-state index in [1.54, 1.807) is 19.1 Å². The minimum atomic E-state index is -4.51. The summed E-state index contributed by atoms with van der Waals surface area (Å²) in [6, 6.07) is 33.8. The Morgan fingerprint density at radius 2 is 1.22 bits per heavy atom. The minimum Gasteiger partial charge on any atom is -0.385 e. The van der Waals surface area contributed by atoms with E-state index in [0.29, 0.717) is 16.7 Å². The quantitative estimate of drug-likeness (QED) is 0.172. The van der Waals surface area contributed by atoms with Crippen molar-refractivity contribution in [3.8, 4) is 0 Å². The fourth-order valence-electron chi connectivity index (χ4n) is 5.36. The van der Waals surface area contributed by atoms with Gasteiger partial charge in [0.15, 0.2) is 6.29 Å². The third-order valence-corrected chi connectivity index (χ3v) is 9.39. The Hall–Kier alpha value is -3.46. The number of hydrogen-bond donors (Lipinski definition) is 2. The second-order valence-corrected chi connectivity index (χ2v) is 13.9. The van der Waals surface area contributed by atoms with Crippen LogP contribution in [0.2, 0.25) is 0 Å². The Labute approximate surface area is 263 Å². The summed E-state index contributed by atoms with van der Waals surface area (Å²) in [5.41, 5.74) is 1.62. The lowest BCUT2D eigenvalue weighted by Crippen LogP contribution is -2.47. The van der Waals surface area contributed by atoms with Crippen LogP contribution >= 0.6 is 0 Å². The van der Waals surface area contributed by atoms with E-state index < -0.39 is 63.2 Å². The molecule has 5 rings (SSSR count). The standard InChI is InChI=1S/C33H34O10S2/c1-23-18-20-27(21-19-23)45(38,39)42-28(30-31(43-44(2,36)37)29(34)32(35)41-30)22-40-33(24-12-6-3-7-13-24,25-14-8-4-9-15-25)26-16-10-5-11-17-26/h3-21,28-32,34-35H,22H2,1-2H3/t28-,29+,30+,31-,32+/m0/s1. The van der Waals surface area contributed by atoms with E-state index >= 15 is 0 Å². The Kier molecular flexibility index (Phi) is 9.87. The van der Waals surface area contributed by atoms with Gasteiger partial charge in [0.1, 0.15) is 30.0 Å². The van der Waals surface area contributed by atoms with Gasteiger partial charge in [-0.05, 0) is 35.7 Å². The molecule has 1 heterocycles. The molecular formula is C33H34O10S2. The van der Waals surface area contributed by atoms with Crippen molar-refractivity contribution >= 4 is 20.2 Å². The summed E-state index contributed by atoms with van der Waals surface area (Å²) < 4.78 is 74.6. The molecule has 4 aromatic rings. The van der Waals surface area contributed by atoms with Crippen LogP contribution in [-0.2, 0) is 43.7 Å². The topological polar surface area (TPSA) is 146 Å². The number of aliphatic hydroxyl groups excluding tert-OH is 2. The maximum atomic E-state index is 13.6. The number of aliphatic hydroxyl groups is 2. The molecule has 0 unspecified atom stereocenters. The molecule has 10 nitrogen and oxygen atoms in total. The predicted octanol–water partition coefficient (Wildman–Crippen LogP) is 3.50. The smallest absolute Gasteiger partial charge is 0.297 e. The average molecular weight is 655 g/mol. The van der Waals surface area contributed by atoms with Crippen molar-refractivity contribution in [3.05, 3.63) is 138 Å². The van der Waals surface area contributed by atoms with Crippen LogP contribution < -0.4 is 0 Å². The Balaban J connectivity index is 1.63. The summed E-state index contributed by atoms with van der Waals surface area (Å²) in [5.74, 6) is 0. The van der Waals surface area contributed by atoms with E-state index in [4.69, 9.17) is 17.8 Å². The van der Waals surface area contributed by atoms with Crippen LogP contribution in [0.25, 0.3) is 0 Å². The lowest BCUT2D eigenvalue weighted by atomic mass is 9.80. The Morgan fingerprint density at radius 1 is 0.756 bits per heavy atom. The molecule has 0 bridgehead atoms. The van der Waals surface area contributed by atoms with E-state index in [2.05, 4.69) is 0 Å². The zero-order valence-corrected chi connectivity index (χ0v) is 26.2. The zero-order chi connectivity index (χ0) is 32.2. The summed E-state index contributed by atoms with van der Waals surface area (Å²) in [6.07, 6.45) is -7.87. The van der Waals surface area contributed by atoms with Gasteiger partial charge >= 0.3 is 0 Å². The number of hydrogen-bond acceptors (Lipinski definition) is 10. The van der Waals surface area contributed by atoms with Crippen molar-refractivity contribution in [2.45, 2.75) is 48.1 Å². The van der Waals surface area contributed by atoms with Crippen LogP contribution in [0, 0.1) is 6.92 Å². The summed E-state index contributed by atoms with van der Waals surface area (Å²) >= 11 is 0. The molecule has 4 aromatic carbocycles. The lowest BCUT2D eigenvalue weighted by Gasteiger charge is -2.38. The lowest BCUT2D eigenvalue weighted by molar-refractivity contribution is -0.153. The van der Waals surface area contributed by atoms with Crippen molar-refractivity contribution in [2.24, 2.45) is 0 Å². The van der Waals surface area contributed by atoms with Crippen LogP contribution in [0.1, 0.15) is 22.3 Å². The number of aryl methyl sites for hydroxylation is 1. The molecule has 0 aliphatic carbocycles. The van der Waals surface area contributed by atoms with E-state index in [-0.39, 0.29) is 4.90 Å². The van der Waals surface area contributed by atoms with Gasteiger partial charge in [-0.1, -0.05) is 109 Å². The highest BCUT2D eigenvalue weighted by molar-refractivity contribution is 7.86. The highest BCUT2D eigenvalue weighted by Crippen LogP contribution is 2.41. The number of ether oxygens (including phenoxy) is 2. The fraction of sp³-hybridized carbons (Fsp3) is 0.273. The maximum Gasteiger partial charge on any atom is 0.297 e. The highest BCUT2D eigenvalue weighted by atomic mass is 32.2. The molecule has 2 N–H and O–H groups in total. The third-order valence-electron chi connectivity index (χ3n) is 7.47. The van der Waals surface area contributed by atoms with Gasteiger partial charge in [-0.15, -0.1) is 0 Å². The maximum absolute atomic E-state index is 13.6. The van der Waals surface area contributed by atoms with Crippen molar-refractivity contribution in [1.82, 2.24) is 0 Å². The van der Waals surface area contributed by atoms with Gasteiger partial charge in [0, 0.05) is 0 Å². The first kappa shape index (κ1) is 32.9. The molecule has 0 spiro atoms.